The van der Waals surface area contributed by atoms with Crippen molar-refractivity contribution in [1.29, 1.82) is 0 Å². The van der Waals surface area contributed by atoms with Gasteiger partial charge < -0.3 is 16.4 Å². The number of rotatable bonds is 6. The first-order valence-electron chi connectivity index (χ1n) is 5.79. The Morgan fingerprint density at radius 1 is 1.44 bits per heavy atom. The molecule has 100 valence electrons. The third-order valence-electron chi connectivity index (χ3n) is 2.48. The van der Waals surface area contributed by atoms with Crippen LogP contribution in [0.5, 0.6) is 0 Å². The van der Waals surface area contributed by atoms with Gasteiger partial charge in [0.2, 0.25) is 0 Å². The number of benzene rings is 1. The molecule has 1 atom stereocenters. The van der Waals surface area contributed by atoms with Crippen molar-refractivity contribution in [1.82, 2.24) is 5.32 Å². The van der Waals surface area contributed by atoms with Crippen molar-refractivity contribution in [2.45, 2.75) is 6.92 Å². The number of nitrogen functional groups attached to an aromatic ring is 1. The summed E-state index contributed by atoms with van der Waals surface area (Å²) in [6.07, 6.45) is 0. The molecule has 0 saturated carbocycles. The van der Waals surface area contributed by atoms with E-state index in [1.807, 2.05) is 6.92 Å². The van der Waals surface area contributed by atoms with E-state index in [4.69, 9.17) is 5.73 Å². The number of hydrogen-bond acceptors (Lipinski definition) is 4. The quantitative estimate of drug-likeness (QED) is 0.667. The summed E-state index contributed by atoms with van der Waals surface area (Å²) in [5.74, 6) is 1.02. The zero-order valence-corrected chi connectivity index (χ0v) is 11.5. The molecule has 0 fully saturated rings. The number of amides is 1. The molecule has 1 amide bonds. The Balaban J connectivity index is 2.76. The second-order valence-electron chi connectivity index (χ2n) is 3.74. The normalized spacial score (nSPS) is 11.9. The van der Waals surface area contributed by atoms with Crippen LogP contribution in [0.4, 0.5) is 11.4 Å². The average Bonchev–Trinajstić information content (AvgIpc) is 2.37. The van der Waals surface area contributed by atoms with E-state index in [1.54, 1.807) is 25.2 Å². The number of nitrogens with one attached hydrogen (secondary N) is 2. The largest absolute Gasteiger partial charge is 0.399 e. The second-order valence-corrected chi connectivity index (χ2v) is 5.61. The SMILES string of the molecule is CCS(=O)CCNc1cc(N)ccc1C(=O)NC. The van der Waals surface area contributed by atoms with E-state index in [9.17, 15) is 9.00 Å². The Morgan fingerprint density at radius 2 is 2.17 bits per heavy atom. The van der Waals surface area contributed by atoms with Gasteiger partial charge in [0, 0.05) is 47.3 Å². The third kappa shape index (κ3) is 4.03. The molecular formula is C12H19N3O2S. The molecule has 0 radical (unpaired) electrons. The standard InChI is InChI=1S/C12H19N3O2S/c1-3-18(17)7-6-15-11-8-9(13)4-5-10(11)12(16)14-2/h4-5,8,15H,3,6-7,13H2,1-2H3,(H,14,16). The van der Waals surface area contributed by atoms with Gasteiger partial charge in [-0.05, 0) is 18.2 Å². The molecule has 0 aliphatic rings. The van der Waals surface area contributed by atoms with Gasteiger partial charge in [-0.2, -0.15) is 0 Å². The lowest BCUT2D eigenvalue weighted by molar-refractivity contribution is 0.0964. The zero-order valence-electron chi connectivity index (χ0n) is 10.7. The predicted octanol–water partition coefficient (Wildman–Crippen LogP) is 0.809. The molecule has 6 heteroatoms. The topological polar surface area (TPSA) is 84.2 Å². The van der Waals surface area contributed by atoms with Crippen molar-refractivity contribution < 1.29 is 9.00 Å². The lowest BCUT2D eigenvalue weighted by Gasteiger charge is -2.11. The van der Waals surface area contributed by atoms with Gasteiger partial charge in [-0.25, -0.2) is 0 Å². The Labute approximate surface area is 110 Å². The fraction of sp³-hybridized carbons (Fsp3) is 0.417. The first kappa shape index (κ1) is 14.5. The van der Waals surface area contributed by atoms with E-state index in [-0.39, 0.29) is 5.91 Å². The highest BCUT2D eigenvalue weighted by Crippen LogP contribution is 2.19. The molecular weight excluding hydrogens is 250 g/mol. The van der Waals surface area contributed by atoms with Crippen LogP contribution < -0.4 is 16.4 Å². The molecule has 5 nitrogen and oxygen atoms in total. The molecule has 0 aliphatic heterocycles. The van der Waals surface area contributed by atoms with Crippen LogP contribution in [-0.2, 0) is 10.8 Å². The van der Waals surface area contributed by atoms with E-state index in [0.717, 1.165) is 0 Å². The Hall–Kier alpha value is -1.56. The predicted molar refractivity (Wildman–Crippen MR) is 76.3 cm³/mol. The van der Waals surface area contributed by atoms with Crippen LogP contribution in [0.25, 0.3) is 0 Å². The molecule has 1 aromatic rings. The van der Waals surface area contributed by atoms with Crippen molar-refractivity contribution in [2.75, 3.05) is 36.1 Å². The van der Waals surface area contributed by atoms with E-state index >= 15 is 0 Å². The molecule has 1 unspecified atom stereocenters. The summed E-state index contributed by atoms with van der Waals surface area (Å²) in [6, 6.07) is 5.06. The first-order valence-corrected chi connectivity index (χ1v) is 7.27. The second kappa shape index (κ2) is 7.00. The minimum Gasteiger partial charge on any atom is -0.399 e. The fourth-order valence-corrected chi connectivity index (χ4v) is 2.10. The summed E-state index contributed by atoms with van der Waals surface area (Å²) in [7, 11) is 0.759. The highest BCUT2D eigenvalue weighted by molar-refractivity contribution is 7.84. The lowest BCUT2D eigenvalue weighted by Crippen LogP contribution is -2.21. The van der Waals surface area contributed by atoms with Gasteiger partial charge in [0.25, 0.3) is 5.91 Å². The number of carbonyl (C=O) groups is 1. The summed E-state index contributed by atoms with van der Waals surface area (Å²) in [4.78, 5) is 11.6. The van der Waals surface area contributed by atoms with Gasteiger partial charge in [-0.15, -0.1) is 0 Å². The van der Waals surface area contributed by atoms with E-state index in [2.05, 4.69) is 10.6 Å². The summed E-state index contributed by atoms with van der Waals surface area (Å²) < 4.78 is 11.3. The molecule has 0 aliphatic carbocycles. The first-order chi connectivity index (χ1) is 8.58. The summed E-state index contributed by atoms with van der Waals surface area (Å²) >= 11 is 0. The molecule has 18 heavy (non-hydrogen) atoms. The van der Waals surface area contributed by atoms with Crippen molar-refractivity contribution in [3.63, 3.8) is 0 Å². The van der Waals surface area contributed by atoms with Crippen molar-refractivity contribution in [3.8, 4) is 0 Å². The summed E-state index contributed by atoms with van der Waals surface area (Å²) in [6.45, 7) is 2.43. The maximum Gasteiger partial charge on any atom is 0.253 e. The lowest BCUT2D eigenvalue weighted by atomic mass is 10.1. The number of hydrogen-bond donors (Lipinski definition) is 3. The van der Waals surface area contributed by atoms with Crippen LogP contribution in [-0.4, -0.2) is 35.2 Å². The zero-order chi connectivity index (χ0) is 13.5. The fourth-order valence-electron chi connectivity index (χ4n) is 1.48. The smallest absolute Gasteiger partial charge is 0.253 e. The number of carbonyl (C=O) groups excluding carboxylic acids is 1. The van der Waals surface area contributed by atoms with Crippen LogP contribution in [0.1, 0.15) is 17.3 Å². The summed E-state index contributed by atoms with van der Waals surface area (Å²) in [5.41, 5.74) is 7.49. The Morgan fingerprint density at radius 3 is 2.78 bits per heavy atom. The molecule has 0 spiro atoms. The van der Waals surface area contributed by atoms with Crippen molar-refractivity contribution >= 4 is 28.1 Å². The Kier molecular flexibility index (Phi) is 5.64. The van der Waals surface area contributed by atoms with Gasteiger partial charge in [0.05, 0.1) is 5.56 Å². The number of anilines is 2. The average molecular weight is 269 g/mol. The molecule has 0 bridgehead atoms. The van der Waals surface area contributed by atoms with Gasteiger partial charge in [-0.1, -0.05) is 6.92 Å². The van der Waals surface area contributed by atoms with E-state index in [0.29, 0.717) is 35.0 Å². The maximum absolute atomic E-state index is 11.6. The molecule has 1 aromatic carbocycles. The minimum atomic E-state index is -0.819. The number of nitrogens with two attached hydrogens (primary N) is 1. The highest BCUT2D eigenvalue weighted by Gasteiger charge is 2.10. The van der Waals surface area contributed by atoms with Gasteiger partial charge in [0.15, 0.2) is 0 Å². The monoisotopic (exact) mass is 269 g/mol. The molecule has 4 N–H and O–H groups in total. The molecule has 0 aromatic heterocycles. The Bertz CT molecular complexity index is 449. The van der Waals surface area contributed by atoms with Crippen LogP contribution in [0.2, 0.25) is 0 Å². The van der Waals surface area contributed by atoms with E-state index < -0.39 is 10.8 Å². The highest BCUT2D eigenvalue weighted by atomic mass is 32.2. The van der Waals surface area contributed by atoms with Crippen LogP contribution in [0.3, 0.4) is 0 Å². The third-order valence-corrected chi connectivity index (χ3v) is 3.79. The maximum atomic E-state index is 11.6. The molecule has 0 heterocycles. The van der Waals surface area contributed by atoms with Crippen LogP contribution in [0.15, 0.2) is 18.2 Å². The summed E-state index contributed by atoms with van der Waals surface area (Å²) in [5, 5.41) is 5.67. The van der Waals surface area contributed by atoms with Crippen LogP contribution in [0, 0.1) is 0 Å². The molecule has 0 saturated heterocycles. The van der Waals surface area contributed by atoms with Crippen molar-refractivity contribution in [3.05, 3.63) is 23.8 Å². The van der Waals surface area contributed by atoms with Gasteiger partial charge in [0.1, 0.15) is 0 Å². The van der Waals surface area contributed by atoms with Crippen molar-refractivity contribution in [2.24, 2.45) is 0 Å². The minimum absolute atomic E-state index is 0.172. The van der Waals surface area contributed by atoms with Gasteiger partial charge in [-0.3, -0.25) is 9.00 Å². The van der Waals surface area contributed by atoms with E-state index in [1.165, 1.54) is 0 Å². The van der Waals surface area contributed by atoms with Crippen LogP contribution >= 0.6 is 0 Å². The molecule has 1 rings (SSSR count). The van der Waals surface area contributed by atoms with Gasteiger partial charge >= 0.3 is 0 Å².